The Kier molecular flexibility index (Phi) is 3.38. The molecule has 1 aromatic carbocycles. The number of rotatable bonds is 4. The van der Waals surface area contributed by atoms with Crippen LogP contribution >= 0.6 is 0 Å². The maximum atomic E-state index is 5.79. The van der Waals surface area contributed by atoms with E-state index in [4.69, 9.17) is 4.42 Å². The molecule has 2 heterocycles. The molecule has 1 atom stereocenters. The lowest BCUT2D eigenvalue weighted by Gasteiger charge is -2.09. The highest BCUT2D eigenvalue weighted by Gasteiger charge is 2.24. The lowest BCUT2D eigenvalue weighted by Crippen LogP contribution is -2.16. The van der Waals surface area contributed by atoms with Gasteiger partial charge in [0.05, 0.1) is 6.26 Å². The van der Waals surface area contributed by atoms with Gasteiger partial charge in [-0.2, -0.15) is 0 Å². The molecule has 0 saturated heterocycles. The Bertz CT molecular complexity index is 598. The van der Waals surface area contributed by atoms with Crippen LogP contribution in [0.15, 0.2) is 39.9 Å². The maximum Gasteiger partial charge on any atom is 0.116 e. The first-order chi connectivity index (χ1) is 9.24. The summed E-state index contributed by atoms with van der Waals surface area (Å²) in [7, 11) is 4.21. The van der Waals surface area contributed by atoms with Crippen molar-refractivity contribution in [2.75, 3.05) is 27.2 Å². The van der Waals surface area contributed by atoms with E-state index in [0.717, 1.165) is 31.7 Å². The molecule has 0 fully saturated rings. The van der Waals surface area contributed by atoms with Crippen LogP contribution in [0.4, 0.5) is 0 Å². The van der Waals surface area contributed by atoms with Crippen molar-refractivity contribution < 1.29 is 4.42 Å². The van der Waals surface area contributed by atoms with Gasteiger partial charge in [0.25, 0.3) is 0 Å². The molecular formula is C16H20N2O. The van der Waals surface area contributed by atoms with Crippen molar-refractivity contribution in [3.8, 4) is 0 Å². The van der Waals surface area contributed by atoms with Crippen molar-refractivity contribution in [2.24, 2.45) is 4.99 Å². The van der Waals surface area contributed by atoms with Crippen LogP contribution in [0.25, 0.3) is 10.8 Å². The van der Waals surface area contributed by atoms with Crippen molar-refractivity contribution in [3.63, 3.8) is 0 Å². The third kappa shape index (κ3) is 2.56. The van der Waals surface area contributed by atoms with Crippen LogP contribution in [0, 0.1) is 0 Å². The lowest BCUT2D eigenvalue weighted by atomic mass is 9.98. The standard InChI is InChI=1S/C16H20N2O/c1-18(2)8-7-14-9-13(10-17-14)16-15-6-4-3-5-12(15)11-19-16/h3-6,11,13H,7-10H2,1-2H3. The van der Waals surface area contributed by atoms with E-state index in [1.165, 1.54) is 16.5 Å². The molecule has 0 radical (unpaired) electrons. The summed E-state index contributed by atoms with van der Waals surface area (Å²) < 4.78 is 5.79. The highest BCUT2D eigenvalue weighted by molar-refractivity contribution is 5.89. The molecule has 3 heteroatoms. The molecule has 1 aromatic heterocycles. The number of furan rings is 1. The fraction of sp³-hybridized carbons (Fsp3) is 0.438. The average molecular weight is 256 g/mol. The highest BCUT2D eigenvalue weighted by Crippen LogP contribution is 2.33. The molecule has 0 N–H and O–H groups in total. The second-order valence-corrected chi connectivity index (χ2v) is 5.55. The van der Waals surface area contributed by atoms with Gasteiger partial charge in [-0.25, -0.2) is 0 Å². The molecule has 100 valence electrons. The Balaban J connectivity index is 1.72. The smallest absolute Gasteiger partial charge is 0.116 e. The zero-order valence-corrected chi connectivity index (χ0v) is 11.6. The zero-order chi connectivity index (χ0) is 13.2. The van der Waals surface area contributed by atoms with E-state index in [0.29, 0.717) is 5.92 Å². The van der Waals surface area contributed by atoms with Gasteiger partial charge in [-0.1, -0.05) is 24.3 Å². The van der Waals surface area contributed by atoms with Crippen molar-refractivity contribution in [3.05, 3.63) is 36.3 Å². The van der Waals surface area contributed by atoms with Crippen LogP contribution in [0.5, 0.6) is 0 Å². The molecule has 0 aliphatic carbocycles. The van der Waals surface area contributed by atoms with Crippen LogP contribution < -0.4 is 0 Å². The number of hydrogen-bond acceptors (Lipinski definition) is 3. The number of fused-ring (bicyclic) bond motifs is 1. The normalized spacial score (nSPS) is 19.3. The number of benzene rings is 1. The fourth-order valence-corrected chi connectivity index (χ4v) is 2.69. The molecule has 0 amide bonds. The van der Waals surface area contributed by atoms with E-state index in [1.807, 2.05) is 6.26 Å². The third-order valence-corrected chi connectivity index (χ3v) is 3.77. The quantitative estimate of drug-likeness (QED) is 0.839. The molecule has 1 aliphatic heterocycles. The lowest BCUT2D eigenvalue weighted by molar-refractivity contribution is 0.421. The van der Waals surface area contributed by atoms with E-state index >= 15 is 0 Å². The predicted octanol–water partition coefficient (Wildman–Crippen LogP) is 3.31. The molecule has 3 nitrogen and oxygen atoms in total. The highest BCUT2D eigenvalue weighted by atomic mass is 16.3. The molecule has 1 aliphatic rings. The minimum Gasteiger partial charge on any atom is -0.468 e. The molecule has 0 saturated carbocycles. The summed E-state index contributed by atoms with van der Waals surface area (Å²) in [5.74, 6) is 1.54. The van der Waals surface area contributed by atoms with Gasteiger partial charge in [-0.15, -0.1) is 0 Å². The SMILES string of the molecule is CN(C)CCC1=NCC(c2occ3ccccc23)C1. The van der Waals surface area contributed by atoms with Gasteiger partial charge in [0.1, 0.15) is 5.76 Å². The second kappa shape index (κ2) is 5.17. The summed E-state index contributed by atoms with van der Waals surface area (Å²) in [6.07, 6.45) is 3.98. The van der Waals surface area contributed by atoms with E-state index < -0.39 is 0 Å². The molecule has 19 heavy (non-hydrogen) atoms. The minimum atomic E-state index is 0.428. The molecular weight excluding hydrogens is 236 g/mol. The largest absolute Gasteiger partial charge is 0.468 e. The Labute approximate surface area is 113 Å². The number of hydrogen-bond donors (Lipinski definition) is 0. The van der Waals surface area contributed by atoms with E-state index in [-0.39, 0.29) is 0 Å². The molecule has 0 bridgehead atoms. The van der Waals surface area contributed by atoms with Crippen LogP contribution in [-0.4, -0.2) is 37.8 Å². The molecule has 3 rings (SSSR count). The van der Waals surface area contributed by atoms with Crippen LogP contribution in [0.3, 0.4) is 0 Å². The van der Waals surface area contributed by atoms with E-state index in [2.05, 4.69) is 48.3 Å². The first-order valence-corrected chi connectivity index (χ1v) is 6.87. The van der Waals surface area contributed by atoms with Gasteiger partial charge in [0.2, 0.25) is 0 Å². The monoisotopic (exact) mass is 256 g/mol. The van der Waals surface area contributed by atoms with Gasteiger partial charge in [0.15, 0.2) is 0 Å². The second-order valence-electron chi connectivity index (χ2n) is 5.55. The molecule has 0 spiro atoms. The van der Waals surface area contributed by atoms with Gasteiger partial charge in [-0.05, 0) is 26.9 Å². The third-order valence-electron chi connectivity index (χ3n) is 3.77. The predicted molar refractivity (Wildman–Crippen MR) is 79.0 cm³/mol. The maximum absolute atomic E-state index is 5.79. The van der Waals surface area contributed by atoms with Crippen LogP contribution in [0.1, 0.15) is 24.5 Å². The van der Waals surface area contributed by atoms with E-state index in [9.17, 15) is 0 Å². The van der Waals surface area contributed by atoms with Gasteiger partial charge in [-0.3, -0.25) is 4.99 Å². The van der Waals surface area contributed by atoms with Gasteiger partial charge >= 0.3 is 0 Å². The van der Waals surface area contributed by atoms with Crippen molar-refractivity contribution in [2.45, 2.75) is 18.8 Å². The van der Waals surface area contributed by atoms with Gasteiger partial charge in [0, 0.05) is 35.5 Å². The average Bonchev–Trinajstić information content (AvgIpc) is 3.02. The van der Waals surface area contributed by atoms with Crippen LogP contribution in [0.2, 0.25) is 0 Å². The van der Waals surface area contributed by atoms with Crippen molar-refractivity contribution in [1.29, 1.82) is 0 Å². The van der Waals surface area contributed by atoms with Crippen molar-refractivity contribution >= 4 is 16.5 Å². The Morgan fingerprint density at radius 1 is 1.32 bits per heavy atom. The topological polar surface area (TPSA) is 28.7 Å². The van der Waals surface area contributed by atoms with Gasteiger partial charge < -0.3 is 9.32 Å². The molecule has 1 unspecified atom stereocenters. The van der Waals surface area contributed by atoms with E-state index in [1.54, 1.807) is 0 Å². The Hall–Kier alpha value is -1.61. The van der Waals surface area contributed by atoms with Crippen molar-refractivity contribution in [1.82, 2.24) is 4.90 Å². The zero-order valence-electron chi connectivity index (χ0n) is 11.6. The van der Waals surface area contributed by atoms with Crippen LogP contribution in [-0.2, 0) is 0 Å². The summed E-state index contributed by atoms with van der Waals surface area (Å²) in [5.41, 5.74) is 1.33. The Morgan fingerprint density at radius 3 is 3.00 bits per heavy atom. The fourth-order valence-electron chi connectivity index (χ4n) is 2.69. The summed E-state index contributed by atoms with van der Waals surface area (Å²) in [5, 5.41) is 2.44. The summed E-state index contributed by atoms with van der Waals surface area (Å²) >= 11 is 0. The first-order valence-electron chi connectivity index (χ1n) is 6.87. The molecule has 2 aromatic rings. The summed E-state index contributed by atoms with van der Waals surface area (Å²) in [6, 6.07) is 8.37. The summed E-state index contributed by atoms with van der Waals surface area (Å²) in [6.45, 7) is 1.95. The summed E-state index contributed by atoms with van der Waals surface area (Å²) in [4.78, 5) is 6.89. The minimum absolute atomic E-state index is 0.428. The number of aliphatic imine (C=N–C) groups is 1. The Morgan fingerprint density at radius 2 is 2.16 bits per heavy atom. The first kappa shape index (κ1) is 12.4. The number of nitrogens with zero attached hydrogens (tertiary/aromatic N) is 2.